The highest BCUT2D eigenvalue weighted by Gasteiger charge is 2.34. The fraction of sp³-hybridized carbons (Fsp3) is 0.846. The molecule has 19 heavy (non-hydrogen) atoms. The van der Waals surface area contributed by atoms with Gasteiger partial charge < -0.3 is 14.8 Å². The van der Waals surface area contributed by atoms with Crippen LogP contribution in [-0.4, -0.2) is 48.9 Å². The van der Waals surface area contributed by atoms with Crippen molar-refractivity contribution in [3.63, 3.8) is 0 Å². The van der Waals surface area contributed by atoms with Crippen molar-refractivity contribution >= 4 is 12.0 Å². The lowest BCUT2D eigenvalue weighted by Crippen LogP contribution is -2.53. The Morgan fingerprint density at radius 2 is 2.00 bits per heavy atom. The van der Waals surface area contributed by atoms with Crippen molar-refractivity contribution in [2.75, 3.05) is 20.4 Å². The van der Waals surface area contributed by atoms with Gasteiger partial charge in [0.1, 0.15) is 18.4 Å². The molecule has 0 aromatic carbocycles. The number of carbonyl (C=O) groups excluding carboxylic acids is 2. The quantitative estimate of drug-likeness (QED) is 0.790. The molecule has 0 bridgehead atoms. The Kier molecular flexibility index (Phi) is 5.60. The van der Waals surface area contributed by atoms with E-state index in [4.69, 9.17) is 9.47 Å². The first-order valence-corrected chi connectivity index (χ1v) is 6.61. The number of ether oxygens (including phenoxy) is 2. The van der Waals surface area contributed by atoms with Crippen LogP contribution in [0.25, 0.3) is 0 Å². The molecule has 1 heterocycles. The summed E-state index contributed by atoms with van der Waals surface area (Å²) >= 11 is 0. The van der Waals surface area contributed by atoms with E-state index in [1.165, 1.54) is 12.0 Å². The first-order chi connectivity index (χ1) is 8.85. The zero-order chi connectivity index (χ0) is 14.5. The van der Waals surface area contributed by atoms with E-state index in [9.17, 15) is 9.59 Å². The van der Waals surface area contributed by atoms with Crippen LogP contribution < -0.4 is 5.32 Å². The van der Waals surface area contributed by atoms with Crippen molar-refractivity contribution in [2.24, 2.45) is 0 Å². The molecule has 1 aliphatic heterocycles. The Labute approximate surface area is 114 Å². The molecule has 1 rings (SSSR count). The summed E-state index contributed by atoms with van der Waals surface area (Å²) in [5.74, 6) is -0.188. The molecule has 0 spiro atoms. The minimum absolute atomic E-state index is 0.150. The van der Waals surface area contributed by atoms with E-state index < -0.39 is 17.7 Å². The van der Waals surface area contributed by atoms with E-state index in [2.05, 4.69) is 5.32 Å². The van der Waals surface area contributed by atoms with E-state index in [-0.39, 0.29) is 12.6 Å². The second kappa shape index (κ2) is 6.75. The largest absolute Gasteiger partial charge is 0.444 e. The van der Waals surface area contributed by atoms with Crippen LogP contribution in [0.15, 0.2) is 0 Å². The summed E-state index contributed by atoms with van der Waals surface area (Å²) in [5, 5.41) is 2.64. The van der Waals surface area contributed by atoms with Crippen LogP contribution in [0.4, 0.5) is 4.79 Å². The summed E-state index contributed by atoms with van der Waals surface area (Å²) in [6, 6.07) is -0.459. The van der Waals surface area contributed by atoms with E-state index in [0.29, 0.717) is 13.0 Å². The SMILES string of the molecule is COCNC(=O)C1CCCCN1C(=O)OC(C)(C)C. The molecule has 1 N–H and O–H groups in total. The molecular formula is C13H24N2O4. The molecule has 2 amide bonds. The van der Waals surface area contributed by atoms with Crippen molar-refractivity contribution in [3.05, 3.63) is 0 Å². The van der Waals surface area contributed by atoms with Gasteiger partial charge in [-0.05, 0) is 40.0 Å². The van der Waals surface area contributed by atoms with Gasteiger partial charge in [0, 0.05) is 13.7 Å². The molecule has 0 saturated carbocycles. The van der Waals surface area contributed by atoms with Gasteiger partial charge in [-0.1, -0.05) is 0 Å². The van der Waals surface area contributed by atoms with Gasteiger partial charge in [-0.15, -0.1) is 0 Å². The lowest BCUT2D eigenvalue weighted by molar-refractivity contribution is -0.129. The van der Waals surface area contributed by atoms with Gasteiger partial charge in [-0.25, -0.2) is 4.79 Å². The summed E-state index contributed by atoms with van der Waals surface area (Å²) in [6.07, 6.45) is 2.07. The van der Waals surface area contributed by atoms with Crippen LogP contribution in [-0.2, 0) is 14.3 Å². The number of amides is 2. The number of piperidine rings is 1. The van der Waals surface area contributed by atoms with Crippen molar-refractivity contribution in [2.45, 2.75) is 51.7 Å². The summed E-state index contributed by atoms with van der Waals surface area (Å²) in [6.45, 7) is 6.15. The molecule has 1 fully saturated rings. The van der Waals surface area contributed by atoms with Gasteiger partial charge in [0.05, 0.1) is 0 Å². The van der Waals surface area contributed by atoms with Crippen molar-refractivity contribution < 1.29 is 19.1 Å². The maximum absolute atomic E-state index is 12.1. The molecule has 1 atom stereocenters. The lowest BCUT2D eigenvalue weighted by atomic mass is 10.0. The Balaban J connectivity index is 2.66. The molecule has 0 radical (unpaired) electrons. The average molecular weight is 272 g/mol. The number of nitrogens with one attached hydrogen (secondary N) is 1. The molecule has 0 aromatic rings. The molecule has 6 nitrogen and oxygen atoms in total. The highest BCUT2D eigenvalue weighted by molar-refractivity contribution is 5.85. The lowest BCUT2D eigenvalue weighted by Gasteiger charge is -2.35. The Bertz CT molecular complexity index is 325. The highest BCUT2D eigenvalue weighted by Crippen LogP contribution is 2.20. The van der Waals surface area contributed by atoms with Crippen molar-refractivity contribution in [1.82, 2.24) is 10.2 Å². The van der Waals surface area contributed by atoms with Crippen LogP contribution >= 0.6 is 0 Å². The van der Waals surface area contributed by atoms with E-state index in [1.807, 2.05) is 20.8 Å². The van der Waals surface area contributed by atoms with Crippen LogP contribution in [0.1, 0.15) is 40.0 Å². The predicted octanol–water partition coefficient (Wildman–Crippen LogP) is 1.50. The van der Waals surface area contributed by atoms with Gasteiger partial charge >= 0.3 is 6.09 Å². The molecule has 0 aromatic heterocycles. The predicted molar refractivity (Wildman–Crippen MR) is 70.6 cm³/mol. The molecule has 1 unspecified atom stereocenters. The summed E-state index contributed by atoms with van der Waals surface area (Å²) < 4.78 is 10.2. The number of rotatable bonds is 3. The first kappa shape index (κ1) is 15.8. The van der Waals surface area contributed by atoms with Crippen LogP contribution in [0, 0.1) is 0 Å². The molecule has 0 aliphatic carbocycles. The number of likely N-dealkylation sites (tertiary alicyclic amines) is 1. The van der Waals surface area contributed by atoms with E-state index in [1.54, 1.807) is 0 Å². The molecule has 1 saturated heterocycles. The minimum atomic E-state index is -0.553. The Morgan fingerprint density at radius 1 is 1.32 bits per heavy atom. The zero-order valence-corrected chi connectivity index (χ0v) is 12.2. The Hall–Kier alpha value is -1.30. The fourth-order valence-electron chi connectivity index (χ4n) is 2.00. The molecular weight excluding hydrogens is 248 g/mol. The number of hydrogen-bond acceptors (Lipinski definition) is 4. The average Bonchev–Trinajstić information content (AvgIpc) is 2.34. The fourth-order valence-corrected chi connectivity index (χ4v) is 2.00. The molecule has 6 heteroatoms. The van der Waals surface area contributed by atoms with Crippen molar-refractivity contribution in [1.29, 1.82) is 0 Å². The van der Waals surface area contributed by atoms with Gasteiger partial charge in [0.25, 0.3) is 0 Å². The minimum Gasteiger partial charge on any atom is -0.444 e. The molecule has 110 valence electrons. The van der Waals surface area contributed by atoms with Gasteiger partial charge in [0.15, 0.2) is 0 Å². The van der Waals surface area contributed by atoms with Gasteiger partial charge in [0.2, 0.25) is 5.91 Å². The monoisotopic (exact) mass is 272 g/mol. The smallest absolute Gasteiger partial charge is 0.410 e. The standard InChI is InChI=1S/C13H24N2O4/c1-13(2,3)19-12(17)15-8-6-5-7-10(15)11(16)14-9-18-4/h10H,5-9H2,1-4H3,(H,14,16). The maximum Gasteiger partial charge on any atom is 0.410 e. The highest BCUT2D eigenvalue weighted by atomic mass is 16.6. The van der Waals surface area contributed by atoms with Crippen molar-refractivity contribution in [3.8, 4) is 0 Å². The number of hydrogen-bond donors (Lipinski definition) is 1. The number of carbonyl (C=O) groups is 2. The summed E-state index contributed by atoms with van der Waals surface area (Å²) in [4.78, 5) is 25.6. The molecule has 1 aliphatic rings. The summed E-state index contributed by atoms with van der Waals surface area (Å²) in [5.41, 5.74) is -0.553. The Morgan fingerprint density at radius 3 is 2.58 bits per heavy atom. The third kappa shape index (κ3) is 5.06. The van der Waals surface area contributed by atoms with Crippen LogP contribution in [0.5, 0.6) is 0 Å². The van der Waals surface area contributed by atoms with Crippen LogP contribution in [0.2, 0.25) is 0 Å². The second-order valence-corrected chi connectivity index (χ2v) is 5.66. The van der Waals surface area contributed by atoms with Gasteiger partial charge in [-0.2, -0.15) is 0 Å². The van der Waals surface area contributed by atoms with E-state index >= 15 is 0 Å². The topological polar surface area (TPSA) is 67.9 Å². The van der Waals surface area contributed by atoms with Gasteiger partial charge in [-0.3, -0.25) is 9.69 Å². The second-order valence-electron chi connectivity index (χ2n) is 5.66. The number of methoxy groups -OCH3 is 1. The van der Waals surface area contributed by atoms with Crippen LogP contribution in [0.3, 0.4) is 0 Å². The summed E-state index contributed by atoms with van der Waals surface area (Å²) in [7, 11) is 1.51. The normalized spacial score (nSPS) is 20.0. The van der Waals surface area contributed by atoms with E-state index in [0.717, 1.165) is 12.8 Å². The third-order valence-corrected chi connectivity index (χ3v) is 2.82. The maximum atomic E-state index is 12.1. The first-order valence-electron chi connectivity index (χ1n) is 6.61. The zero-order valence-electron chi connectivity index (χ0n) is 12.2. The third-order valence-electron chi connectivity index (χ3n) is 2.82. The number of nitrogens with zero attached hydrogens (tertiary/aromatic N) is 1.